The summed E-state index contributed by atoms with van der Waals surface area (Å²) in [4.78, 5) is 10.9. The minimum absolute atomic E-state index is 0.227. The Balaban J connectivity index is 2.41. The van der Waals surface area contributed by atoms with Crippen molar-refractivity contribution in [2.45, 2.75) is 13.0 Å². The van der Waals surface area contributed by atoms with Crippen molar-refractivity contribution < 1.29 is 9.18 Å². The van der Waals surface area contributed by atoms with Gasteiger partial charge in [-0.3, -0.25) is 4.79 Å². The molecule has 0 radical (unpaired) electrons. The van der Waals surface area contributed by atoms with E-state index in [0.717, 1.165) is 0 Å². The van der Waals surface area contributed by atoms with Crippen LogP contribution in [0.3, 0.4) is 0 Å². The smallest absolute Gasteiger partial charge is 0.251 e. The highest BCUT2D eigenvalue weighted by Gasteiger charge is 2.10. The van der Waals surface area contributed by atoms with Crippen LogP contribution in [0.15, 0.2) is 30.6 Å². The van der Waals surface area contributed by atoms with Gasteiger partial charge in [0.05, 0.1) is 11.8 Å². The Bertz CT molecular complexity index is 592. The zero-order valence-corrected chi connectivity index (χ0v) is 9.80. The molecule has 1 heterocycles. The monoisotopic (exact) mass is 248 g/mol. The Labute approximate surface area is 103 Å². The summed E-state index contributed by atoms with van der Waals surface area (Å²) in [5, 5.41) is 3.89. The Kier molecular flexibility index (Phi) is 3.12. The minimum Gasteiger partial charge on any atom is -0.366 e. The van der Waals surface area contributed by atoms with Crippen LogP contribution in [0.5, 0.6) is 0 Å². The number of rotatable bonds is 3. The molecule has 6 heteroatoms. The summed E-state index contributed by atoms with van der Waals surface area (Å²) in [6.45, 7) is 1.77. The predicted octanol–water partition coefficient (Wildman–Crippen LogP) is 1.13. The van der Waals surface area contributed by atoms with E-state index in [2.05, 4.69) is 5.10 Å². The molecule has 0 unspecified atom stereocenters. The van der Waals surface area contributed by atoms with Crippen molar-refractivity contribution >= 4 is 5.91 Å². The number of carbonyl (C=O) groups is 1. The fraction of sp³-hybridized carbons (Fsp3) is 0.167. The highest BCUT2D eigenvalue weighted by atomic mass is 19.1. The topological polar surface area (TPSA) is 86.9 Å². The number of hydrogen-bond donors (Lipinski definition) is 2. The van der Waals surface area contributed by atoms with Crippen LogP contribution >= 0.6 is 0 Å². The fourth-order valence-corrected chi connectivity index (χ4v) is 1.57. The molecule has 1 atom stereocenters. The maximum Gasteiger partial charge on any atom is 0.251 e. The van der Waals surface area contributed by atoms with Crippen molar-refractivity contribution in [3.8, 4) is 5.69 Å². The summed E-state index contributed by atoms with van der Waals surface area (Å²) < 4.78 is 15.1. The Morgan fingerprint density at radius 2 is 2.22 bits per heavy atom. The second kappa shape index (κ2) is 4.58. The van der Waals surface area contributed by atoms with E-state index < -0.39 is 11.7 Å². The average Bonchev–Trinajstić information content (AvgIpc) is 2.78. The Morgan fingerprint density at radius 1 is 1.50 bits per heavy atom. The molecule has 4 N–H and O–H groups in total. The summed E-state index contributed by atoms with van der Waals surface area (Å²) in [5.74, 6) is -1.06. The third-order valence-electron chi connectivity index (χ3n) is 2.61. The molecule has 0 aliphatic carbocycles. The first kappa shape index (κ1) is 12.3. The highest BCUT2D eigenvalue weighted by Crippen LogP contribution is 2.18. The lowest BCUT2D eigenvalue weighted by molar-refractivity contribution is 0.100. The van der Waals surface area contributed by atoms with Gasteiger partial charge < -0.3 is 11.5 Å². The molecular weight excluding hydrogens is 235 g/mol. The normalized spacial score (nSPS) is 12.4. The second-order valence-corrected chi connectivity index (χ2v) is 4.04. The lowest BCUT2D eigenvalue weighted by Crippen LogP contribution is -2.09. The molecule has 0 saturated carbocycles. The van der Waals surface area contributed by atoms with Gasteiger partial charge in [-0.15, -0.1) is 0 Å². The van der Waals surface area contributed by atoms with E-state index >= 15 is 0 Å². The largest absolute Gasteiger partial charge is 0.366 e. The first-order chi connectivity index (χ1) is 8.49. The standard InChI is InChI=1S/C12H13FN4O/c1-7(14)8-2-3-11(10(13)4-8)17-6-9(5-16-17)12(15)18/h2-7H,14H2,1H3,(H2,15,18)/t7-/m0/s1. The molecule has 5 nitrogen and oxygen atoms in total. The lowest BCUT2D eigenvalue weighted by atomic mass is 10.1. The number of nitrogens with two attached hydrogens (primary N) is 2. The zero-order chi connectivity index (χ0) is 13.3. The summed E-state index contributed by atoms with van der Waals surface area (Å²) in [6.07, 6.45) is 2.67. The van der Waals surface area contributed by atoms with Crippen molar-refractivity contribution in [2.24, 2.45) is 11.5 Å². The molecule has 0 aliphatic rings. The molecule has 1 amide bonds. The molecule has 2 aromatic rings. The molecule has 2 rings (SSSR count). The summed E-state index contributed by atoms with van der Waals surface area (Å²) >= 11 is 0. The van der Waals surface area contributed by atoms with Gasteiger partial charge in [-0.1, -0.05) is 6.07 Å². The van der Waals surface area contributed by atoms with Gasteiger partial charge in [0.25, 0.3) is 5.91 Å². The number of carbonyl (C=O) groups excluding carboxylic acids is 1. The number of primary amides is 1. The number of halogens is 1. The van der Waals surface area contributed by atoms with Crippen LogP contribution in [0.4, 0.5) is 4.39 Å². The number of hydrogen-bond acceptors (Lipinski definition) is 3. The van der Waals surface area contributed by atoms with Gasteiger partial charge in [-0.2, -0.15) is 5.10 Å². The Morgan fingerprint density at radius 3 is 2.72 bits per heavy atom. The van der Waals surface area contributed by atoms with Crippen LogP contribution < -0.4 is 11.5 Å². The minimum atomic E-state index is -0.603. The van der Waals surface area contributed by atoms with Crippen molar-refractivity contribution in [1.29, 1.82) is 0 Å². The van der Waals surface area contributed by atoms with Crippen LogP contribution in [0.25, 0.3) is 5.69 Å². The molecular formula is C12H13FN4O. The summed E-state index contributed by atoms with van der Waals surface area (Å²) in [6, 6.07) is 4.39. The number of aromatic nitrogens is 2. The van der Waals surface area contributed by atoms with E-state index in [0.29, 0.717) is 5.56 Å². The molecule has 0 spiro atoms. The van der Waals surface area contributed by atoms with Gasteiger partial charge >= 0.3 is 0 Å². The van der Waals surface area contributed by atoms with Crippen LogP contribution in [-0.2, 0) is 0 Å². The van der Waals surface area contributed by atoms with Gasteiger partial charge in [0, 0.05) is 12.2 Å². The SMILES string of the molecule is C[C@H](N)c1ccc(-n2cc(C(N)=O)cn2)c(F)c1. The molecule has 0 fully saturated rings. The molecule has 0 saturated heterocycles. The highest BCUT2D eigenvalue weighted by molar-refractivity contribution is 5.92. The number of nitrogens with zero attached hydrogens (tertiary/aromatic N) is 2. The van der Waals surface area contributed by atoms with Gasteiger partial charge in [-0.25, -0.2) is 9.07 Å². The quantitative estimate of drug-likeness (QED) is 0.853. The first-order valence-corrected chi connectivity index (χ1v) is 5.39. The van der Waals surface area contributed by atoms with Crippen LogP contribution in [0, 0.1) is 5.82 Å². The molecule has 94 valence electrons. The molecule has 1 aromatic heterocycles. The molecule has 18 heavy (non-hydrogen) atoms. The van der Waals surface area contributed by atoms with E-state index in [1.165, 1.54) is 23.1 Å². The first-order valence-electron chi connectivity index (χ1n) is 5.39. The van der Waals surface area contributed by atoms with Crippen molar-refractivity contribution in [3.05, 3.63) is 47.5 Å². The van der Waals surface area contributed by atoms with E-state index in [4.69, 9.17) is 11.5 Å². The fourth-order valence-electron chi connectivity index (χ4n) is 1.57. The predicted molar refractivity (Wildman–Crippen MR) is 64.6 cm³/mol. The van der Waals surface area contributed by atoms with E-state index in [1.54, 1.807) is 19.1 Å². The van der Waals surface area contributed by atoms with Gasteiger partial charge in [0.1, 0.15) is 11.5 Å². The van der Waals surface area contributed by atoms with E-state index in [1.807, 2.05) is 0 Å². The summed E-state index contributed by atoms with van der Waals surface area (Å²) in [5.41, 5.74) is 11.9. The van der Waals surface area contributed by atoms with Gasteiger partial charge in [-0.05, 0) is 24.6 Å². The zero-order valence-electron chi connectivity index (χ0n) is 9.80. The van der Waals surface area contributed by atoms with Crippen molar-refractivity contribution in [2.75, 3.05) is 0 Å². The second-order valence-electron chi connectivity index (χ2n) is 4.04. The van der Waals surface area contributed by atoms with E-state index in [9.17, 15) is 9.18 Å². The molecule has 0 bridgehead atoms. The lowest BCUT2D eigenvalue weighted by Gasteiger charge is -2.08. The van der Waals surface area contributed by atoms with Crippen LogP contribution in [-0.4, -0.2) is 15.7 Å². The van der Waals surface area contributed by atoms with Crippen LogP contribution in [0.1, 0.15) is 28.9 Å². The van der Waals surface area contributed by atoms with Crippen molar-refractivity contribution in [3.63, 3.8) is 0 Å². The van der Waals surface area contributed by atoms with Crippen molar-refractivity contribution in [1.82, 2.24) is 9.78 Å². The molecule has 0 aliphatic heterocycles. The maximum atomic E-state index is 13.9. The Hall–Kier alpha value is -2.21. The number of benzene rings is 1. The van der Waals surface area contributed by atoms with E-state index in [-0.39, 0.29) is 17.3 Å². The van der Waals surface area contributed by atoms with Crippen LogP contribution in [0.2, 0.25) is 0 Å². The average molecular weight is 248 g/mol. The number of amides is 1. The summed E-state index contributed by atoms with van der Waals surface area (Å²) in [7, 11) is 0. The third kappa shape index (κ3) is 2.23. The molecule has 1 aromatic carbocycles. The maximum absolute atomic E-state index is 13.9. The third-order valence-corrected chi connectivity index (χ3v) is 2.61. The van der Waals surface area contributed by atoms with Gasteiger partial charge in [0.2, 0.25) is 0 Å². The van der Waals surface area contributed by atoms with Gasteiger partial charge in [0.15, 0.2) is 0 Å².